The average molecular weight is 280 g/mol. The van der Waals surface area contributed by atoms with Crippen molar-refractivity contribution in [1.82, 2.24) is 10.2 Å². The number of esters is 1. The first-order valence-corrected chi connectivity index (χ1v) is 8.22. The van der Waals surface area contributed by atoms with Crippen molar-refractivity contribution in [1.29, 1.82) is 0 Å². The molecule has 2 atom stereocenters. The van der Waals surface area contributed by atoms with Crippen LogP contribution in [0.5, 0.6) is 0 Å². The fraction of sp³-hybridized carbons (Fsp3) is 0.938. The lowest BCUT2D eigenvalue weighted by molar-refractivity contribution is -0.150. The molecule has 0 bridgehead atoms. The Balaban J connectivity index is 1.64. The SMILES string of the molecule is COC(=O)C1(NC2CC2)CCCC1CCN(C)C1CC1. The van der Waals surface area contributed by atoms with Gasteiger partial charge in [0.2, 0.25) is 0 Å². The van der Waals surface area contributed by atoms with Gasteiger partial charge in [-0.2, -0.15) is 0 Å². The third-order valence-corrected chi connectivity index (χ3v) is 5.41. The fourth-order valence-electron chi connectivity index (χ4n) is 3.82. The molecule has 0 radical (unpaired) electrons. The van der Waals surface area contributed by atoms with Gasteiger partial charge in [-0.3, -0.25) is 10.1 Å². The molecule has 3 fully saturated rings. The minimum absolute atomic E-state index is 0.0269. The molecule has 0 spiro atoms. The van der Waals surface area contributed by atoms with Crippen LogP contribution in [0.15, 0.2) is 0 Å². The van der Waals surface area contributed by atoms with Gasteiger partial charge >= 0.3 is 5.97 Å². The number of carbonyl (C=O) groups excluding carboxylic acids is 1. The Morgan fingerprint density at radius 2 is 2.05 bits per heavy atom. The van der Waals surface area contributed by atoms with Crippen LogP contribution in [0.3, 0.4) is 0 Å². The topological polar surface area (TPSA) is 41.6 Å². The maximum absolute atomic E-state index is 12.4. The van der Waals surface area contributed by atoms with Crippen LogP contribution >= 0.6 is 0 Å². The van der Waals surface area contributed by atoms with Crippen LogP contribution in [0.2, 0.25) is 0 Å². The minimum atomic E-state index is -0.389. The summed E-state index contributed by atoms with van der Waals surface area (Å²) >= 11 is 0. The van der Waals surface area contributed by atoms with Crippen LogP contribution in [-0.4, -0.2) is 49.2 Å². The Morgan fingerprint density at radius 1 is 1.30 bits per heavy atom. The van der Waals surface area contributed by atoms with E-state index in [1.165, 1.54) is 32.8 Å². The van der Waals surface area contributed by atoms with Gasteiger partial charge in [-0.1, -0.05) is 6.42 Å². The second-order valence-electron chi connectivity index (χ2n) is 6.97. The molecule has 4 nitrogen and oxygen atoms in total. The Bertz CT molecular complexity index is 365. The number of hydrogen-bond acceptors (Lipinski definition) is 4. The maximum atomic E-state index is 12.4. The van der Waals surface area contributed by atoms with E-state index in [-0.39, 0.29) is 11.5 Å². The van der Waals surface area contributed by atoms with E-state index in [0.29, 0.717) is 12.0 Å². The van der Waals surface area contributed by atoms with Gasteiger partial charge in [-0.05, 0) is 64.5 Å². The van der Waals surface area contributed by atoms with Crippen molar-refractivity contribution in [2.75, 3.05) is 20.7 Å². The molecule has 3 saturated carbocycles. The van der Waals surface area contributed by atoms with E-state index in [9.17, 15) is 4.79 Å². The third kappa shape index (κ3) is 2.86. The van der Waals surface area contributed by atoms with Crippen molar-refractivity contribution < 1.29 is 9.53 Å². The van der Waals surface area contributed by atoms with Gasteiger partial charge in [0.1, 0.15) is 5.54 Å². The van der Waals surface area contributed by atoms with Gasteiger partial charge in [0.15, 0.2) is 0 Å². The summed E-state index contributed by atoms with van der Waals surface area (Å²) in [6.45, 7) is 1.11. The minimum Gasteiger partial charge on any atom is -0.468 e. The van der Waals surface area contributed by atoms with Crippen molar-refractivity contribution in [3.05, 3.63) is 0 Å². The van der Waals surface area contributed by atoms with Crippen LogP contribution in [0.4, 0.5) is 0 Å². The van der Waals surface area contributed by atoms with Crippen molar-refractivity contribution in [3.63, 3.8) is 0 Å². The second-order valence-corrected chi connectivity index (χ2v) is 6.97. The standard InChI is InChI=1S/C16H28N2O2/c1-18(14-7-8-14)11-9-12-4-3-10-16(12,15(19)20-2)17-13-5-6-13/h12-14,17H,3-11H2,1-2H3. The molecule has 1 N–H and O–H groups in total. The fourth-order valence-corrected chi connectivity index (χ4v) is 3.82. The van der Waals surface area contributed by atoms with Crippen LogP contribution in [-0.2, 0) is 9.53 Å². The summed E-state index contributed by atoms with van der Waals surface area (Å²) in [4.78, 5) is 14.9. The van der Waals surface area contributed by atoms with E-state index in [1.807, 2.05) is 0 Å². The maximum Gasteiger partial charge on any atom is 0.326 e. The molecular weight excluding hydrogens is 252 g/mol. The van der Waals surface area contributed by atoms with E-state index in [0.717, 1.165) is 38.3 Å². The molecule has 0 aliphatic heterocycles. The predicted molar refractivity (Wildman–Crippen MR) is 78.5 cm³/mol. The number of methoxy groups -OCH3 is 1. The van der Waals surface area contributed by atoms with E-state index < -0.39 is 0 Å². The molecule has 2 unspecified atom stereocenters. The largest absolute Gasteiger partial charge is 0.468 e. The number of rotatable bonds is 7. The molecule has 0 saturated heterocycles. The Labute approximate surface area is 122 Å². The van der Waals surface area contributed by atoms with Gasteiger partial charge in [-0.25, -0.2) is 0 Å². The van der Waals surface area contributed by atoms with Crippen LogP contribution < -0.4 is 5.32 Å². The molecular formula is C16H28N2O2. The summed E-state index contributed by atoms with van der Waals surface area (Å²) in [6.07, 6.45) is 9.50. The molecule has 3 aliphatic carbocycles. The highest BCUT2D eigenvalue weighted by Crippen LogP contribution is 2.41. The molecule has 0 aromatic carbocycles. The molecule has 114 valence electrons. The lowest BCUT2D eigenvalue weighted by atomic mass is 9.84. The van der Waals surface area contributed by atoms with Crippen molar-refractivity contribution in [2.45, 2.75) is 69.0 Å². The Hall–Kier alpha value is -0.610. The predicted octanol–water partition coefficient (Wildman–Crippen LogP) is 1.93. The highest BCUT2D eigenvalue weighted by atomic mass is 16.5. The zero-order chi connectivity index (χ0) is 14.2. The molecule has 0 aromatic heterocycles. The van der Waals surface area contributed by atoms with E-state index in [1.54, 1.807) is 0 Å². The van der Waals surface area contributed by atoms with E-state index in [2.05, 4.69) is 17.3 Å². The molecule has 0 heterocycles. The van der Waals surface area contributed by atoms with Gasteiger partial charge in [-0.15, -0.1) is 0 Å². The molecule has 3 rings (SSSR count). The highest BCUT2D eigenvalue weighted by molar-refractivity contribution is 5.81. The highest BCUT2D eigenvalue weighted by Gasteiger charge is 2.51. The first kappa shape index (κ1) is 14.3. The summed E-state index contributed by atoms with van der Waals surface area (Å²) in [5.41, 5.74) is -0.389. The first-order valence-electron chi connectivity index (χ1n) is 8.22. The second kappa shape index (κ2) is 5.64. The zero-order valence-corrected chi connectivity index (χ0v) is 12.9. The number of carbonyl (C=O) groups is 1. The molecule has 4 heteroatoms. The molecule has 0 aromatic rings. The normalized spacial score (nSPS) is 33.6. The first-order chi connectivity index (χ1) is 9.65. The number of nitrogens with one attached hydrogen (secondary N) is 1. The molecule has 3 aliphatic rings. The van der Waals surface area contributed by atoms with Gasteiger partial charge in [0.05, 0.1) is 7.11 Å². The zero-order valence-electron chi connectivity index (χ0n) is 12.9. The third-order valence-electron chi connectivity index (χ3n) is 5.41. The van der Waals surface area contributed by atoms with Crippen LogP contribution in [0, 0.1) is 5.92 Å². The monoisotopic (exact) mass is 280 g/mol. The lowest BCUT2D eigenvalue weighted by Gasteiger charge is -2.35. The van der Waals surface area contributed by atoms with Crippen LogP contribution in [0.1, 0.15) is 51.4 Å². The van der Waals surface area contributed by atoms with Crippen molar-refractivity contribution >= 4 is 5.97 Å². The Morgan fingerprint density at radius 3 is 2.65 bits per heavy atom. The summed E-state index contributed by atoms with van der Waals surface area (Å²) in [5, 5.41) is 3.64. The van der Waals surface area contributed by atoms with Gasteiger partial charge in [0, 0.05) is 12.1 Å². The van der Waals surface area contributed by atoms with E-state index >= 15 is 0 Å². The average Bonchev–Trinajstić information content (AvgIpc) is 3.34. The smallest absolute Gasteiger partial charge is 0.326 e. The van der Waals surface area contributed by atoms with Crippen molar-refractivity contribution in [3.8, 4) is 0 Å². The summed E-state index contributed by atoms with van der Waals surface area (Å²) in [7, 11) is 3.76. The lowest BCUT2D eigenvalue weighted by Crippen LogP contribution is -2.56. The number of ether oxygens (including phenoxy) is 1. The summed E-state index contributed by atoms with van der Waals surface area (Å²) in [6, 6.07) is 1.36. The summed E-state index contributed by atoms with van der Waals surface area (Å²) in [5.74, 6) is 0.415. The van der Waals surface area contributed by atoms with Crippen LogP contribution in [0.25, 0.3) is 0 Å². The quantitative estimate of drug-likeness (QED) is 0.724. The van der Waals surface area contributed by atoms with Gasteiger partial charge in [0.25, 0.3) is 0 Å². The molecule has 20 heavy (non-hydrogen) atoms. The Kier molecular flexibility index (Phi) is 4.04. The van der Waals surface area contributed by atoms with Crippen molar-refractivity contribution in [2.24, 2.45) is 5.92 Å². The van der Waals surface area contributed by atoms with Gasteiger partial charge < -0.3 is 9.64 Å². The van der Waals surface area contributed by atoms with E-state index in [4.69, 9.17) is 4.74 Å². The number of hydrogen-bond donors (Lipinski definition) is 1. The summed E-state index contributed by atoms with van der Waals surface area (Å²) < 4.78 is 5.15. The number of nitrogens with zero attached hydrogens (tertiary/aromatic N) is 1. The molecule has 0 amide bonds.